The lowest BCUT2D eigenvalue weighted by atomic mass is 9.92. The molecule has 0 bridgehead atoms. The third-order valence-corrected chi connectivity index (χ3v) is 14.9. The van der Waals surface area contributed by atoms with Gasteiger partial charge in [-0.25, -0.2) is 15.0 Å². The molecule has 11 aromatic carbocycles. The normalized spacial score (nSPS) is 11.7. The summed E-state index contributed by atoms with van der Waals surface area (Å²) in [4.78, 5) is 16.2. The molecule has 0 saturated heterocycles. The van der Waals surface area contributed by atoms with Crippen molar-refractivity contribution in [2.45, 2.75) is 0 Å². The highest BCUT2D eigenvalue weighted by Crippen LogP contribution is 2.46. The predicted octanol–water partition coefficient (Wildman–Crippen LogP) is 17.6. The fraction of sp³-hybridized carbons (Fsp3) is 0. The van der Waals surface area contributed by atoms with Crippen LogP contribution in [0.2, 0.25) is 0 Å². The highest BCUT2D eigenvalue weighted by molar-refractivity contribution is 7.25. The summed E-state index contributed by atoms with van der Waals surface area (Å²) in [5.41, 5.74) is 12.7. The molecule has 3 heterocycles. The van der Waals surface area contributed by atoms with Gasteiger partial charge in [0.1, 0.15) is 0 Å². The van der Waals surface area contributed by atoms with Gasteiger partial charge in [-0.2, -0.15) is 0 Å². The number of nitrogens with zero attached hydrogens (tertiary/aromatic N) is 4. The molecule has 14 aromatic rings. The molecular formula is C65H40N4S. The molecule has 0 aliphatic carbocycles. The van der Waals surface area contributed by atoms with E-state index in [-0.39, 0.29) is 0 Å². The van der Waals surface area contributed by atoms with Gasteiger partial charge >= 0.3 is 0 Å². The van der Waals surface area contributed by atoms with Gasteiger partial charge < -0.3 is 4.57 Å². The minimum atomic E-state index is 0.599. The van der Waals surface area contributed by atoms with Crippen LogP contribution in [0.5, 0.6) is 0 Å². The van der Waals surface area contributed by atoms with Gasteiger partial charge in [0.15, 0.2) is 17.5 Å². The summed E-state index contributed by atoms with van der Waals surface area (Å²) in [6.07, 6.45) is 0. The maximum absolute atomic E-state index is 5.45. The Morgan fingerprint density at radius 1 is 0.286 bits per heavy atom. The van der Waals surface area contributed by atoms with Crippen LogP contribution in [-0.2, 0) is 0 Å². The standard InChI is InChI=1S/C65H40N4S/c1-4-17-41(18-5-1)45-26-16-27-48(35-45)63-66-64(49-31-33-53-52-29-14-15-30-59(52)70-60(53)40-49)68-65(67-63)50-37-54(42-19-6-2-7-20-42)62(55(38-50)43-21-8-3-9-22-43)69-57-34-32-44-23-12-13-28-51(44)61(57)56-36-46-24-10-11-25-47(46)39-58(56)69/h1-40H. The van der Waals surface area contributed by atoms with Crippen LogP contribution < -0.4 is 0 Å². The molecule has 0 saturated carbocycles. The van der Waals surface area contributed by atoms with Gasteiger partial charge in [0.25, 0.3) is 0 Å². The molecule has 326 valence electrons. The van der Waals surface area contributed by atoms with E-state index < -0.39 is 0 Å². The second kappa shape index (κ2) is 16.3. The number of benzene rings is 11. The second-order valence-corrected chi connectivity index (χ2v) is 19.0. The molecule has 0 aliphatic rings. The van der Waals surface area contributed by atoms with Gasteiger partial charge in [0, 0.05) is 58.8 Å². The summed E-state index contributed by atoms with van der Waals surface area (Å²) < 4.78 is 4.97. The van der Waals surface area contributed by atoms with Gasteiger partial charge in [-0.3, -0.25) is 0 Å². The monoisotopic (exact) mass is 908 g/mol. The zero-order chi connectivity index (χ0) is 46.1. The van der Waals surface area contributed by atoms with Crippen molar-refractivity contribution in [3.8, 4) is 73.2 Å². The predicted molar refractivity (Wildman–Crippen MR) is 295 cm³/mol. The quantitative estimate of drug-likeness (QED) is 0.160. The minimum Gasteiger partial charge on any atom is -0.308 e. The number of thiophene rings is 1. The van der Waals surface area contributed by atoms with Crippen LogP contribution in [0.4, 0.5) is 0 Å². The number of rotatable bonds is 7. The lowest BCUT2D eigenvalue weighted by molar-refractivity contribution is 1.07. The van der Waals surface area contributed by atoms with Crippen molar-refractivity contribution in [3.63, 3.8) is 0 Å². The Labute approximate surface area is 408 Å². The first-order chi connectivity index (χ1) is 34.7. The average Bonchev–Trinajstić information content (AvgIpc) is 3.97. The zero-order valence-electron chi connectivity index (χ0n) is 37.8. The van der Waals surface area contributed by atoms with Crippen molar-refractivity contribution in [1.82, 2.24) is 19.5 Å². The first-order valence-electron chi connectivity index (χ1n) is 23.7. The van der Waals surface area contributed by atoms with E-state index in [4.69, 9.17) is 15.0 Å². The van der Waals surface area contributed by atoms with Gasteiger partial charge in [-0.05, 0) is 92.3 Å². The second-order valence-electron chi connectivity index (χ2n) is 17.9. The fourth-order valence-corrected chi connectivity index (χ4v) is 11.6. The molecule has 3 aromatic heterocycles. The van der Waals surface area contributed by atoms with Crippen molar-refractivity contribution in [3.05, 3.63) is 243 Å². The van der Waals surface area contributed by atoms with E-state index in [9.17, 15) is 0 Å². The number of hydrogen-bond donors (Lipinski definition) is 0. The molecule has 0 spiro atoms. The highest BCUT2D eigenvalue weighted by Gasteiger charge is 2.24. The molecule has 0 unspecified atom stereocenters. The van der Waals surface area contributed by atoms with E-state index in [1.54, 1.807) is 11.3 Å². The van der Waals surface area contributed by atoms with E-state index in [1.807, 2.05) is 0 Å². The largest absolute Gasteiger partial charge is 0.308 e. The van der Waals surface area contributed by atoms with E-state index >= 15 is 0 Å². The Bertz CT molecular complexity index is 4290. The average molecular weight is 909 g/mol. The molecule has 0 amide bonds. The minimum absolute atomic E-state index is 0.599. The lowest BCUT2D eigenvalue weighted by Gasteiger charge is -2.21. The van der Waals surface area contributed by atoms with Crippen LogP contribution in [-0.4, -0.2) is 19.5 Å². The Kier molecular flexibility index (Phi) is 9.36. The first-order valence-corrected chi connectivity index (χ1v) is 24.5. The van der Waals surface area contributed by atoms with Crippen LogP contribution in [0.3, 0.4) is 0 Å². The summed E-state index contributed by atoms with van der Waals surface area (Å²) in [5.74, 6) is 1.83. The highest BCUT2D eigenvalue weighted by atomic mass is 32.1. The van der Waals surface area contributed by atoms with Crippen LogP contribution in [0.1, 0.15) is 0 Å². The molecule has 70 heavy (non-hydrogen) atoms. The van der Waals surface area contributed by atoms with E-state index in [2.05, 4.69) is 247 Å². The zero-order valence-corrected chi connectivity index (χ0v) is 38.6. The molecule has 0 aliphatic heterocycles. The maximum Gasteiger partial charge on any atom is 0.164 e. The van der Waals surface area contributed by atoms with E-state index in [0.717, 1.165) is 66.8 Å². The smallest absolute Gasteiger partial charge is 0.164 e. The SMILES string of the molecule is c1ccc(-c2cccc(-c3nc(-c4cc(-c5ccccc5)c(-n5c6cc7ccccc7cc6c6c7ccccc7ccc65)c(-c5ccccc5)c4)nc(-c4ccc5c(c4)sc4ccccc45)n3)c2)cc1. The fourth-order valence-electron chi connectivity index (χ4n) is 10.5. The van der Waals surface area contributed by atoms with E-state index in [1.165, 1.54) is 52.5 Å². The summed E-state index contributed by atoms with van der Waals surface area (Å²) in [5, 5.41) is 9.80. The maximum atomic E-state index is 5.45. The summed E-state index contributed by atoms with van der Waals surface area (Å²) in [6.45, 7) is 0. The molecule has 0 N–H and O–H groups in total. The summed E-state index contributed by atoms with van der Waals surface area (Å²) in [7, 11) is 0. The van der Waals surface area contributed by atoms with Gasteiger partial charge in [-0.15, -0.1) is 11.3 Å². The molecule has 0 radical (unpaired) electrons. The van der Waals surface area contributed by atoms with Crippen LogP contribution in [0.15, 0.2) is 243 Å². The van der Waals surface area contributed by atoms with Crippen LogP contribution >= 0.6 is 11.3 Å². The van der Waals surface area contributed by atoms with Gasteiger partial charge in [0.05, 0.1) is 16.7 Å². The summed E-state index contributed by atoms with van der Waals surface area (Å²) >= 11 is 1.80. The number of hydrogen-bond acceptors (Lipinski definition) is 4. The topological polar surface area (TPSA) is 43.6 Å². The third-order valence-electron chi connectivity index (χ3n) is 13.8. The lowest BCUT2D eigenvalue weighted by Crippen LogP contribution is -2.04. The Morgan fingerprint density at radius 3 is 1.51 bits per heavy atom. The number of aromatic nitrogens is 4. The third kappa shape index (κ3) is 6.70. The Balaban J connectivity index is 1.07. The molecule has 0 fully saturated rings. The molecule has 0 atom stereocenters. The van der Waals surface area contributed by atoms with Crippen molar-refractivity contribution < 1.29 is 0 Å². The van der Waals surface area contributed by atoms with Gasteiger partial charge in [-0.1, -0.05) is 194 Å². The van der Waals surface area contributed by atoms with Crippen molar-refractivity contribution in [2.75, 3.05) is 0 Å². The molecule has 4 nitrogen and oxygen atoms in total. The van der Waals surface area contributed by atoms with Crippen LogP contribution in [0, 0.1) is 0 Å². The molecule has 14 rings (SSSR count). The van der Waals surface area contributed by atoms with Gasteiger partial charge in [0.2, 0.25) is 0 Å². The summed E-state index contributed by atoms with van der Waals surface area (Å²) in [6, 6.07) is 87.2. The van der Waals surface area contributed by atoms with Crippen molar-refractivity contribution in [2.24, 2.45) is 0 Å². The van der Waals surface area contributed by atoms with Crippen molar-refractivity contribution >= 4 is 74.9 Å². The Hall–Kier alpha value is -9.03. The van der Waals surface area contributed by atoms with Crippen LogP contribution in [0.25, 0.3) is 137 Å². The first kappa shape index (κ1) is 40.1. The van der Waals surface area contributed by atoms with E-state index in [0.29, 0.717) is 17.5 Å². The molecular weight excluding hydrogens is 869 g/mol. The number of fused-ring (bicyclic) bond motifs is 9. The molecule has 5 heteroatoms. The van der Waals surface area contributed by atoms with Crippen molar-refractivity contribution in [1.29, 1.82) is 0 Å². The Morgan fingerprint density at radius 2 is 0.814 bits per heavy atom.